The molecule has 27 heavy (non-hydrogen) atoms. The van der Waals surface area contributed by atoms with Crippen molar-refractivity contribution in [2.75, 3.05) is 13.1 Å². The summed E-state index contributed by atoms with van der Waals surface area (Å²) in [5.74, 6) is 1.82. The van der Waals surface area contributed by atoms with Gasteiger partial charge in [-0.25, -0.2) is 0 Å². The molecule has 0 amide bonds. The summed E-state index contributed by atoms with van der Waals surface area (Å²) in [6.07, 6.45) is 2.65. The fourth-order valence-corrected chi connectivity index (χ4v) is 3.09. The topological polar surface area (TPSA) is 67.1 Å². The Bertz CT molecular complexity index is 898. The van der Waals surface area contributed by atoms with Crippen molar-refractivity contribution in [3.8, 4) is 0 Å². The summed E-state index contributed by atoms with van der Waals surface area (Å²) in [6.45, 7) is 8.59. The molecule has 2 aromatic carbocycles. The van der Waals surface area contributed by atoms with Crippen molar-refractivity contribution in [1.29, 1.82) is 0 Å². The number of benzene rings is 2. The fourth-order valence-electron chi connectivity index (χ4n) is 3.09. The van der Waals surface area contributed by atoms with Gasteiger partial charge in [0.05, 0.1) is 12.6 Å². The van der Waals surface area contributed by atoms with Gasteiger partial charge in [-0.15, -0.1) is 10.2 Å². The molecule has 0 bridgehead atoms. The SMILES string of the molecule is CCNC(=NCCn1cnnc1CC)NC(C)c1ccc2ccccc2c1. The highest BCUT2D eigenvalue weighted by molar-refractivity contribution is 5.84. The predicted molar refractivity (Wildman–Crippen MR) is 111 cm³/mol. The molecule has 0 saturated carbocycles. The van der Waals surface area contributed by atoms with E-state index in [1.807, 2.05) is 0 Å². The Morgan fingerprint density at radius 2 is 1.96 bits per heavy atom. The molecule has 3 rings (SSSR count). The lowest BCUT2D eigenvalue weighted by Crippen LogP contribution is -2.39. The smallest absolute Gasteiger partial charge is 0.191 e. The first-order valence-electron chi connectivity index (χ1n) is 9.61. The summed E-state index contributed by atoms with van der Waals surface area (Å²) in [4.78, 5) is 4.71. The fraction of sp³-hybridized carbons (Fsp3) is 0.381. The van der Waals surface area contributed by atoms with Crippen LogP contribution in [0.25, 0.3) is 10.8 Å². The summed E-state index contributed by atoms with van der Waals surface area (Å²) in [5.41, 5.74) is 1.24. The van der Waals surface area contributed by atoms with Crippen LogP contribution in [0.4, 0.5) is 0 Å². The van der Waals surface area contributed by atoms with Crippen LogP contribution in [0.3, 0.4) is 0 Å². The maximum atomic E-state index is 4.71. The summed E-state index contributed by atoms with van der Waals surface area (Å²) >= 11 is 0. The largest absolute Gasteiger partial charge is 0.357 e. The van der Waals surface area contributed by atoms with Crippen LogP contribution in [0.15, 0.2) is 53.8 Å². The van der Waals surface area contributed by atoms with Crippen molar-refractivity contribution in [3.05, 3.63) is 60.2 Å². The van der Waals surface area contributed by atoms with E-state index >= 15 is 0 Å². The maximum absolute atomic E-state index is 4.71. The molecule has 0 saturated heterocycles. The van der Waals surface area contributed by atoms with E-state index in [4.69, 9.17) is 4.99 Å². The number of aryl methyl sites for hydroxylation is 1. The molecule has 0 aliphatic carbocycles. The van der Waals surface area contributed by atoms with Gasteiger partial charge in [0.2, 0.25) is 0 Å². The average Bonchev–Trinajstić information content (AvgIpc) is 3.15. The normalized spacial score (nSPS) is 12.9. The van der Waals surface area contributed by atoms with Gasteiger partial charge in [0.25, 0.3) is 0 Å². The molecule has 3 aromatic rings. The minimum absolute atomic E-state index is 0.161. The van der Waals surface area contributed by atoms with Gasteiger partial charge in [0.1, 0.15) is 12.2 Å². The first-order valence-corrected chi connectivity index (χ1v) is 9.61. The third-order valence-corrected chi connectivity index (χ3v) is 4.59. The first kappa shape index (κ1) is 18.9. The molecule has 2 N–H and O–H groups in total. The quantitative estimate of drug-likeness (QED) is 0.499. The molecule has 0 aliphatic heterocycles. The molecular weight excluding hydrogens is 336 g/mol. The molecular formula is C21H28N6. The van der Waals surface area contributed by atoms with Crippen LogP contribution in [-0.2, 0) is 13.0 Å². The number of hydrogen-bond acceptors (Lipinski definition) is 3. The second-order valence-corrected chi connectivity index (χ2v) is 6.53. The van der Waals surface area contributed by atoms with Crippen molar-refractivity contribution in [2.45, 2.75) is 39.8 Å². The van der Waals surface area contributed by atoms with Crippen molar-refractivity contribution in [3.63, 3.8) is 0 Å². The highest BCUT2D eigenvalue weighted by Gasteiger charge is 2.09. The molecule has 6 nitrogen and oxygen atoms in total. The molecule has 1 unspecified atom stereocenters. The van der Waals surface area contributed by atoms with Gasteiger partial charge in [-0.2, -0.15) is 0 Å². The first-order chi connectivity index (χ1) is 13.2. The van der Waals surface area contributed by atoms with Crippen LogP contribution in [-0.4, -0.2) is 33.8 Å². The third-order valence-electron chi connectivity index (χ3n) is 4.59. The molecule has 0 fully saturated rings. The van der Waals surface area contributed by atoms with Crippen molar-refractivity contribution >= 4 is 16.7 Å². The van der Waals surface area contributed by atoms with E-state index in [-0.39, 0.29) is 6.04 Å². The van der Waals surface area contributed by atoms with E-state index in [0.717, 1.165) is 31.3 Å². The number of aromatic nitrogens is 3. The Hall–Kier alpha value is -2.89. The zero-order valence-corrected chi connectivity index (χ0v) is 16.3. The Morgan fingerprint density at radius 1 is 1.15 bits per heavy atom. The summed E-state index contributed by atoms with van der Waals surface area (Å²) in [7, 11) is 0. The molecule has 1 heterocycles. The van der Waals surface area contributed by atoms with Gasteiger partial charge in [-0.05, 0) is 36.2 Å². The van der Waals surface area contributed by atoms with Crippen LogP contribution >= 0.6 is 0 Å². The molecule has 1 atom stereocenters. The molecule has 0 aliphatic rings. The number of guanidine groups is 1. The molecule has 1 aromatic heterocycles. The predicted octanol–water partition coefficient (Wildman–Crippen LogP) is 3.31. The lowest BCUT2D eigenvalue weighted by Gasteiger charge is -2.19. The zero-order valence-electron chi connectivity index (χ0n) is 16.3. The highest BCUT2D eigenvalue weighted by atomic mass is 15.3. The van der Waals surface area contributed by atoms with Crippen molar-refractivity contribution in [2.24, 2.45) is 4.99 Å². The zero-order chi connectivity index (χ0) is 19.1. The Labute approximate surface area is 160 Å². The van der Waals surface area contributed by atoms with Crippen molar-refractivity contribution < 1.29 is 0 Å². The van der Waals surface area contributed by atoms with Gasteiger partial charge in [-0.1, -0.05) is 43.3 Å². The Morgan fingerprint density at radius 3 is 2.74 bits per heavy atom. The van der Waals surface area contributed by atoms with Gasteiger partial charge in [0.15, 0.2) is 5.96 Å². The van der Waals surface area contributed by atoms with Crippen LogP contribution < -0.4 is 10.6 Å². The van der Waals surface area contributed by atoms with Gasteiger partial charge in [0, 0.05) is 19.5 Å². The van der Waals surface area contributed by atoms with Gasteiger partial charge >= 0.3 is 0 Å². The van der Waals surface area contributed by atoms with Crippen LogP contribution in [0, 0.1) is 0 Å². The van der Waals surface area contributed by atoms with Crippen LogP contribution in [0.1, 0.15) is 38.2 Å². The second-order valence-electron chi connectivity index (χ2n) is 6.53. The number of rotatable bonds is 7. The minimum Gasteiger partial charge on any atom is -0.357 e. The summed E-state index contributed by atoms with van der Waals surface area (Å²) in [6, 6.07) is 15.2. The number of nitrogens with zero attached hydrogens (tertiary/aromatic N) is 4. The number of aliphatic imine (C=N–C) groups is 1. The lowest BCUT2D eigenvalue weighted by molar-refractivity contribution is 0.650. The van der Waals surface area contributed by atoms with Gasteiger partial charge in [-0.3, -0.25) is 4.99 Å². The molecule has 142 valence electrons. The summed E-state index contributed by atoms with van der Waals surface area (Å²) < 4.78 is 2.06. The van der Waals surface area contributed by atoms with E-state index in [9.17, 15) is 0 Å². The Kier molecular flexibility index (Phi) is 6.41. The van der Waals surface area contributed by atoms with E-state index in [2.05, 4.69) is 88.6 Å². The monoisotopic (exact) mass is 364 g/mol. The highest BCUT2D eigenvalue weighted by Crippen LogP contribution is 2.20. The Balaban J connectivity index is 1.66. The number of fused-ring (bicyclic) bond motifs is 1. The average molecular weight is 364 g/mol. The maximum Gasteiger partial charge on any atom is 0.191 e. The van der Waals surface area contributed by atoms with Crippen LogP contribution in [0.5, 0.6) is 0 Å². The van der Waals surface area contributed by atoms with Crippen LogP contribution in [0.2, 0.25) is 0 Å². The van der Waals surface area contributed by atoms with E-state index in [1.54, 1.807) is 6.33 Å². The number of nitrogens with one attached hydrogen (secondary N) is 2. The van der Waals surface area contributed by atoms with Gasteiger partial charge < -0.3 is 15.2 Å². The molecule has 6 heteroatoms. The minimum atomic E-state index is 0.161. The lowest BCUT2D eigenvalue weighted by atomic mass is 10.0. The summed E-state index contributed by atoms with van der Waals surface area (Å²) in [5, 5.41) is 17.4. The molecule has 0 spiro atoms. The van der Waals surface area contributed by atoms with E-state index in [0.29, 0.717) is 6.54 Å². The number of hydrogen-bond donors (Lipinski definition) is 2. The van der Waals surface area contributed by atoms with E-state index in [1.165, 1.54) is 16.3 Å². The third kappa shape index (κ3) is 4.84. The standard InChI is InChI=1S/C21H28N6/c1-4-20-26-24-15-27(20)13-12-23-21(22-5-2)25-16(3)18-11-10-17-8-6-7-9-19(17)14-18/h6-11,14-16H,4-5,12-13H2,1-3H3,(H2,22,23,25). The van der Waals surface area contributed by atoms with Crippen molar-refractivity contribution in [1.82, 2.24) is 25.4 Å². The second kappa shape index (κ2) is 9.16. The van der Waals surface area contributed by atoms with E-state index < -0.39 is 0 Å². The molecule has 0 radical (unpaired) electrons.